The van der Waals surface area contributed by atoms with E-state index in [4.69, 9.17) is 5.11 Å². The van der Waals surface area contributed by atoms with Gasteiger partial charge in [-0.1, -0.05) is 42.5 Å². The number of aromatic carboxylic acids is 1. The van der Waals surface area contributed by atoms with E-state index in [1.54, 1.807) is 24.3 Å². The van der Waals surface area contributed by atoms with Crippen molar-refractivity contribution < 1.29 is 9.90 Å². The first kappa shape index (κ1) is 19.2. The molecule has 0 bridgehead atoms. The molecule has 0 aliphatic heterocycles. The lowest BCUT2D eigenvalue weighted by molar-refractivity contribution is 0.0697. The predicted molar refractivity (Wildman–Crippen MR) is 120 cm³/mol. The molecule has 0 aliphatic carbocycles. The Hall–Kier alpha value is -4.10. The Kier molecular flexibility index (Phi) is 4.95. The fourth-order valence-electron chi connectivity index (χ4n) is 3.87. The quantitative estimate of drug-likeness (QED) is 0.433. The van der Waals surface area contributed by atoms with Crippen molar-refractivity contribution in [3.8, 4) is 11.8 Å². The topological polar surface area (TPSA) is 66.0 Å². The maximum atomic E-state index is 11.1. The lowest BCUT2D eigenvalue weighted by Gasteiger charge is -2.10. The number of nitrogens with zero attached hydrogens (tertiary/aromatic N) is 2. The molecule has 0 spiro atoms. The highest BCUT2D eigenvalue weighted by Gasteiger charge is 2.13. The van der Waals surface area contributed by atoms with Crippen molar-refractivity contribution >= 4 is 28.4 Å². The summed E-state index contributed by atoms with van der Waals surface area (Å²) in [5.74, 6) is -0.945. The number of carboxylic acid groups (broad SMARTS) is 1. The van der Waals surface area contributed by atoms with E-state index in [-0.39, 0.29) is 5.56 Å². The van der Waals surface area contributed by atoms with Crippen molar-refractivity contribution in [1.29, 1.82) is 5.26 Å². The summed E-state index contributed by atoms with van der Waals surface area (Å²) in [5, 5.41) is 21.2. The average Bonchev–Trinajstić information content (AvgIpc) is 3.04. The van der Waals surface area contributed by atoms with Crippen LogP contribution >= 0.6 is 0 Å². The summed E-state index contributed by atoms with van der Waals surface area (Å²) in [7, 11) is 0. The standard InChI is InChI=1S/C26H20N2O2/c1-17-14-21(18(2)28(17)23-12-10-20(11-13-23)26(29)30)15-22(16-27)25-9-5-7-19-6-3-4-8-24(19)25/h3-15H,1-2H3,(H,29,30)/b22-15-. The number of aromatic nitrogens is 1. The van der Waals surface area contributed by atoms with E-state index in [0.717, 1.165) is 39.0 Å². The van der Waals surface area contributed by atoms with Gasteiger partial charge in [0.25, 0.3) is 0 Å². The highest BCUT2D eigenvalue weighted by Crippen LogP contribution is 2.29. The van der Waals surface area contributed by atoms with Crippen LogP contribution in [0.5, 0.6) is 0 Å². The Morgan fingerprint density at radius 2 is 1.70 bits per heavy atom. The van der Waals surface area contributed by atoms with Gasteiger partial charge in [-0.15, -0.1) is 0 Å². The lowest BCUT2D eigenvalue weighted by Crippen LogP contribution is -2.01. The first-order valence-electron chi connectivity index (χ1n) is 9.62. The van der Waals surface area contributed by atoms with Gasteiger partial charge in [0, 0.05) is 22.6 Å². The van der Waals surface area contributed by atoms with Crippen molar-refractivity contribution in [2.75, 3.05) is 0 Å². The number of allylic oxidation sites excluding steroid dienone is 1. The molecule has 0 saturated carbocycles. The van der Waals surface area contributed by atoms with Crippen molar-refractivity contribution in [3.05, 3.63) is 101 Å². The third kappa shape index (κ3) is 3.38. The van der Waals surface area contributed by atoms with Crippen LogP contribution in [0.25, 0.3) is 28.1 Å². The zero-order valence-corrected chi connectivity index (χ0v) is 16.8. The predicted octanol–water partition coefficient (Wildman–Crippen LogP) is 6.01. The van der Waals surface area contributed by atoms with Crippen LogP contribution in [0.15, 0.2) is 72.8 Å². The number of hydrogen-bond donors (Lipinski definition) is 1. The van der Waals surface area contributed by atoms with Crippen LogP contribution < -0.4 is 0 Å². The summed E-state index contributed by atoms with van der Waals surface area (Å²) in [6.45, 7) is 4.00. The molecule has 1 heterocycles. The van der Waals surface area contributed by atoms with Gasteiger partial charge in [0.05, 0.1) is 17.2 Å². The highest BCUT2D eigenvalue weighted by molar-refractivity contribution is 6.01. The van der Waals surface area contributed by atoms with Crippen LogP contribution in [-0.2, 0) is 0 Å². The minimum Gasteiger partial charge on any atom is -0.478 e. The van der Waals surface area contributed by atoms with Crippen molar-refractivity contribution in [3.63, 3.8) is 0 Å². The summed E-state index contributed by atoms with van der Waals surface area (Å²) < 4.78 is 2.07. The molecule has 146 valence electrons. The zero-order chi connectivity index (χ0) is 21.3. The highest BCUT2D eigenvalue weighted by atomic mass is 16.4. The molecule has 30 heavy (non-hydrogen) atoms. The minimum absolute atomic E-state index is 0.254. The molecular weight excluding hydrogens is 372 g/mol. The molecule has 0 aliphatic rings. The summed E-state index contributed by atoms with van der Waals surface area (Å²) in [6, 6.07) is 25.2. The van der Waals surface area contributed by atoms with Gasteiger partial charge in [-0.2, -0.15) is 5.26 Å². The van der Waals surface area contributed by atoms with Crippen molar-refractivity contribution in [2.45, 2.75) is 13.8 Å². The molecule has 0 unspecified atom stereocenters. The monoisotopic (exact) mass is 392 g/mol. The Morgan fingerprint density at radius 3 is 2.40 bits per heavy atom. The molecule has 1 N–H and O–H groups in total. The van der Waals surface area contributed by atoms with E-state index >= 15 is 0 Å². The molecule has 4 aromatic rings. The van der Waals surface area contributed by atoms with Gasteiger partial charge in [0.15, 0.2) is 0 Å². The molecule has 4 nitrogen and oxygen atoms in total. The average molecular weight is 392 g/mol. The first-order valence-corrected chi connectivity index (χ1v) is 9.62. The van der Waals surface area contributed by atoms with Gasteiger partial charge in [0.2, 0.25) is 0 Å². The molecule has 1 aromatic heterocycles. The molecule has 0 saturated heterocycles. The van der Waals surface area contributed by atoms with Gasteiger partial charge in [-0.25, -0.2) is 4.79 Å². The van der Waals surface area contributed by atoms with Crippen LogP contribution in [0.1, 0.15) is 32.9 Å². The number of nitriles is 1. The molecule has 0 fully saturated rings. The number of hydrogen-bond acceptors (Lipinski definition) is 2. The van der Waals surface area contributed by atoms with Crippen molar-refractivity contribution in [2.24, 2.45) is 0 Å². The van der Waals surface area contributed by atoms with Gasteiger partial charge < -0.3 is 9.67 Å². The number of rotatable bonds is 4. The van der Waals surface area contributed by atoms with E-state index in [1.165, 1.54) is 0 Å². The van der Waals surface area contributed by atoms with Crippen LogP contribution in [0.2, 0.25) is 0 Å². The summed E-state index contributed by atoms with van der Waals surface area (Å²) in [5.41, 5.74) is 5.61. The van der Waals surface area contributed by atoms with E-state index in [2.05, 4.69) is 10.6 Å². The summed E-state index contributed by atoms with van der Waals surface area (Å²) >= 11 is 0. The second-order valence-corrected chi connectivity index (χ2v) is 7.21. The Labute approximate surface area is 174 Å². The Bertz CT molecular complexity index is 1330. The summed E-state index contributed by atoms with van der Waals surface area (Å²) in [4.78, 5) is 11.1. The zero-order valence-electron chi connectivity index (χ0n) is 16.8. The first-order chi connectivity index (χ1) is 14.5. The lowest BCUT2D eigenvalue weighted by atomic mass is 9.97. The fraction of sp³-hybridized carbons (Fsp3) is 0.0769. The van der Waals surface area contributed by atoms with Gasteiger partial charge in [0.1, 0.15) is 0 Å². The van der Waals surface area contributed by atoms with Crippen LogP contribution in [-0.4, -0.2) is 15.6 Å². The molecule has 3 aromatic carbocycles. The smallest absolute Gasteiger partial charge is 0.335 e. The molecule has 4 heteroatoms. The number of benzene rings is 3. The Balaban J connectivity index is 1.81. The third-order valence-corrected chi connectivity index (χ3v) is 5.34. The number of carboxylic acids is 1. The Morgan fingerprint density at radius 1 is 1.00 bits per heavy atom. The number of carbonyl (C=O) groups is 1. The second-order valence-electron chi connectivity index (χ2n) is 7.21. The number of fused-ring (bicyclic) bond motifs is 1. The minimum atomic E-state index is -0.945. The van der Waals surface area contributed by atoms with Crippen LogP contribution in [0.3, 0.4) is 0 Å². The van der Waals surface area contributed by atoms with E-state index in [0.29, 0.717) is 5.57 Å². The van der Waals surface area contributed by atoms with Gasteiger partial charge >= 0.3 is 5.97 Å². The fourth-order valence-corrected chi connectivity index (χ4v) is 3.87. The summed E-state index contributed by atoms with van der Waals surface area (Å²) in [6.07, 6.45) is 1.92. The van der Waals surface area contributed by atoms with Gasteiger partial charge in [-0.05, 0) is 66.6 Å². The SMILES string of the molecule is Cc1cc(/C=C(/C#N)c2cccc3ccccc23)c(C)n1-c1ccc(C(=O)O)cc1. The number of aryl methyl sites for hydroxylation is 1. The van der Waals surface area contributed by atoms with E-state index in [1.807, 2.05) is 68.5 Å². The molecular formula is C26H20N2O2. The third-order valence-electron chi connectivity index (χ3n) is 5.34. The molecule has 0 radical (unpaired) electrons. The molecule has 4 rings (SSSR count). The second kappa shape index (κ2) is 7.73. The van der Waals surface area contributed by atoms with Crippen molar-refractivity contribution in [1.82, 2.24) is 4.57 Å². The van der Waals surface area contributed by atoms with Crippen LogP contribution in [0.4, 0.5) is 0 Å². The van der Waals surface area contributed by atoms with Crippen LogP contribution in [0, 0.1) is 25.2 Å². The van der Waals surface area contributed by atoms with Gasteiger partial charge in [-0.3, -0.25) is 0 Å². The molecule has 0 atom stereocenters. The maximum absolute atomic E-state index is 11.1. The maximum Gasteiger partial charge on any atom is 0.335 e. The molecule has 0 amide bonds. The normalized spacial score (nSPS) is 11.4. The largest absolute Gasteiger partial charge is 0.478 e. The van der Waals surface area contributed by atoms with E-state index in [9.17, 15) is 10.1 Å². The van der Waals surface area contributed by atoms with E-state index < -0.39 is 5.97 Å².